The van der Waals surface area contributed by atoms with E-state index in [1.165, 1.54) is 0 Å². The number of hydrogen-bond acceptors (Lipinski definition) is 4. The number of likely N-dealkylation sites (tertiary alicyclic amines) is 1. The van der Waals surface area contributed by atoms with E-state index in [0.29, 0.717) is 17.7 Å². The van der Waals surface area contributed by atoms with Crippen LogP contribution in [0.3, 0.4) is 0 Å². The van der Waals surface area contributed by atoms with Crippen molar-refractivity contribution in [1.82, 2.24) is 15.2 Å². The van der Waals surface area contributed by atoms with Gasteiger partial charge in [0.1, 0.15) is 11.4 Å². The number of hydrogen-bond donors (Lipinski definition) is 1. The first-order chi connectivity index (χ1) is 14.5. The summed E-state index contributed by atoms with van der Waals surface area (Å²) in [5, 5.41) is 5.14. The first kappa shape index (κ1) is 19.1. The van der Waals surface area contributed by atoms with Gasteiger partial charge in [-0.25, -0.2) is 4.98 Å². The number of nitrogens with zero attached hydrogens (tertiary/aromatic N) is 2. The maximum atomic E-state index is 13.2. The van der Waals surface area contributed by atoms with Crippen LogP contribution in [0, 0.1) is 5.41 Å². The minimum absolute atomic E-state index is 0.0773. The standard InChI is InChI=1S/C25H27N3O2/c1-3-30-20-10-8-17(9-11-20)22-12-18-6-4-5-7-21(18)23(27-22)24(29)26-19-13-25(14-19)15-28(2)16-25/h4-12,19H,3,13-16H2,1-2H3,(H,26,29). The fourth-order valence-electron chi connectivity index (χ4n) is 5.11. The zero-order valence-electron chi connectivity index (χ0n) is 17.5. The van der Waals surface area contributed by atoms with Gasteiger partial charge in [-0.1, -0.05) is 24.3 Å². The highest BCUT2D eigenvalue weighted by molar-refractivity contribution is 6.06. The Balaban J connectivity index is 1.41. The monoisotopic (exact) mass is 401 g/mol. The van der Waals surface area contributed by atoms with E-state index < -0.39 is 0 Å². The number of carbonyl (C=O) groups is 1. The van der Waals surface area contributed by atoms with Gasteiger partial charge in [0.05, 0.1) is 12.3 Å². The molecule has 30 heavy (non-hydrogen) atoms. The molecule has 0 unspecified atom stereocenters. The second-order valence-electron chi connectivity index (χ2n) is 8.79. The lowest BCUT2D eigenvalue weighted by Crippen LogP contribution is -2.65. The minimum Gasteiger partial charge on any atom is -0.494 e. The van der Waals surface area contributed by atoms with E-state index in [0.717, 1.165) is 53.7 Å². The van der Waals surface area contributed by atoms with E-state index >= 15 is 0 Å². The zero-order chi connectivity index (χ0) is 20.7. The average Bonchev–Trinajstić information content (AvgIpc) is 2.71. The van der Waals surface area contributed by atoms with Crippen LogP contribution >= 0.6 is 0 Å². The van der Waals surface area contributed by atoms with E-state index in [2.05, 4.69) is 17.3 Å². The highest BCUT2D eigenvalue weighted by Crippen LogP contribution is 2.47. The van der Waals surface area contributed by atoms with Crippen LogP contribution in [-0.4, -0.2) is 48.6 Å². The van der Waals surface area contributed by atoms with Gasteiger partial charge in [0.15, 0.2) is 0 Å². The normalized spacial score (nSPS) is 18.1. The van der Waals surface area contributed by atoms with E-state index in [1.54, 1.807) is 0 Å². The number of nitrogens with one attached hydrogen (secondary N) is 1. The van der Waals surface area contributed by atoms with Crippen molar-refractivity contribution in [3.05, 3.63) is 60.3 Å². The van der Waals surface area contributed by atoms with Crippen molar-refractivity contribution in [2.24, 2.45) is 5.41 Å². The molecule has 0 atom stereocenters. The molecular weight excluding hydrogens is 374 g/mol. The molecule has 0 radical (unpaired) electrons. The highest BCUT2D eigenvalue weighted by Gasteiger charge is 2.51. The predicted molar refractivity (Wildman–Crippen MR) is 119 cm³/mol. The molecule has 3 aromatic rings. The molecule has 2 aliphatic rings. The van der Waals surface area contributed by atoms with Gasteiger partial charge >= 0.3 is 0 Å². The molecule has 5 nitrogen and oxygen atoms in total. The Bertz CT molecular complexity index is 1080. The number of pyridine rings is 1. The lowest BCUT2D eigenvalue weighted by atomic mass is 9.61. The first-order valence-corrected chi connectivity index (χ1v) is 10.7. The Morgan fingerprint density at radius 1 is 1.17 bits per heavy atom. The van der Waals surface area contributed by atoms with Crippen LogP contribution in [0.15, 0.2) is 54.6 Å². The van der Waals surface area contributed by atoms with E-state index in [1.807, 2.05) is 61.5 Å². The summed E-state index contributed by atoms with van der Waals surface area (Å²) in [7, 11) is 2.15. The van der Waals surface area contributed by atoms with Crippen molar-refractivity contribution in [3.63, 3.8) is 0 Å². The molecule has 1 saturated carbocycles. The van der Waals surface area contributed by atoms with Crippen molar-refractivity contribution in [2.45, 2.75) is 25.8 Å². The number of amides is 1. The lowest BCUT2D eigenvalue weighted by Gasteiger charge is -2.58. The topological polar surface area (TPSA) is 54.5 Å². The third-order valence-electron chi connectivity index (χ3n) is 6.32. The minimum atomic E-state index is -0.0773. The maximum absolute atomic E-state index is 13.2. The molecule has 1 amide bonds. The van der Waals surface area contributed by atoms with Gasteiger partial charge in [-0.3, -0.25) is 4.79 Å². The molecular formula is C25H27N3O2. The van der Waals surface area contributed by atoms with Crippen LogP contribution < -0.4 is 10.1 Å². The lowest BCUT2D eigenvalue weighted by molar-refractivity contribution is -0.0626. The largest absolute Gasteiger partial charge is 0.494 e. The van der Waals surface area contributed by atoms with Gasteiger partial charge in [-0.2, -0.15) is 0 Å². The summed E-state index contributed by atoms with van der Waals surface area (Å²) in [5.74, 6) is 0.757. The highest BCUT2D eigenvalue weighted by atomic mass is 16.5. The summed E-state index contributed by atoms with van der Waals surface area (Å²) in [5.41, 5.74) is 2.71. The van der Waals surface area contributed by atoms with Crippen LogP contribution in [0.4, 0.5) is 0 Å². The first-order valence-electron chi connectivity index (χ1n) is 10.7. The van der Waals surface area contributed by atoms with Gasteiger partial charge < -0.3 is 15.0 Å². The Hall–Kier alpha value is -2.92. The van der Waals surface area contributed by atoms with Crippen molar-refractivity contribution >= 4 is 16.7 Å². The quantitative estimate of drug-likeness (QED) is 0.699. The molecule has 2 aromatic carbocycles. The fourth-order valence-corrected chi connectivity index (χ4v) is 5.11. The summed E-state index contributed by atoms with van der Waals surface area (Å²) in [6.07, 6.45) is 2.14. The molecule has 2 heterocycles. The fraction of sp³-hybridized carbons (Fsp3) is 0.360. The molecule has 1 aromatic heterocycles. The molecule has 5 rings (SSSR count). The predicted octanol–water partition coefficient (Wildman–Crippen LogP) is 4.12. The number of aromatic nitrogens is 1. The van der Waals surface area contributed by atoms with Crippen molar-refractivity contribution in [2.75, 3.05) is 26.7 Å². The van der Waals surface area contributed by atoms with Crippen LogP contribution in [0.2, 0.25) is 0 Å². The van der Waals surface area contributed by atoms with Crippen molar-refractivity contribution in [1.29, 1.82) is 0 Å². The SMILES string of the molecule is CCOc1ccc(-c2cc3ccccc3c(C(=O)NC3CC4(C3)CN(C)C4)n2)cc1. The molecule has 2 fully saturated rings. The molecule has 1 spiro atoms. The summed E-state index contributed by atoms with van der Waals surface area (Å²) < 4.78 is 5.54. The van der Waals surface area contributed by atoms with E-state index in [-0.39, 0.29) is 11.9 Å². The van der Waals surface area contributed by atoms with Gasteiger partial charge in [0.2, 0.25) is 0 Å². The van der Waals surface area contributed by atoms with Gasteiger partial charge in [-0.05, 0) is 67.9 Å². The third kappa shape index (κ3) is 3.43. The smallest absolute Gasteiger partial charge is 0.270 e. The van der Waals surface area contributed by atoms with Crippen LogP contribution in [-0.2, 0) is 0 Å². The third-order valence-corrected chi connectivity index (χ3v) is 6.32. The van der Waals surface area contributed by atoms with Crippen molar-refractivity contribution in [3.8, 4) is 17.0 Å². The number of fused-ring (bicyclic) bond motifs is 1. The van der Waals surface area contributed by atoms with Crippen LogP contribution in [0.5, 0.6) is 5.75 Å². The Morgan fingerprint density at radius 2 is 1.90 bits per heavy atom. The summed E-state index contributed by atoms with van der Waals surface area (Å²) in [6.45, 7) is 4.90. The van der Waals surface area contributed by atoms with E-state index in [9.17, 15) is 4.79 Å². The molecule has 0 bridgehead atoms. The van der Waals surface area contributed by atoms with Gasteiger partial charge in [0, 0.05) is 30.1 Å². The molecule has 1 saturated heterocycles. The van der Waals surface area contributed by atoms with E-state index in [4.69, 9.17) is 9.72 Å². The number of rotatable bonds is 5. The number of ether oxygens (including phenoxy) is 1. The summed E-state index contributed by atoms with van der Waals surface area (Å²) >= 11 is 0. The average molecular weight is 402 g/mol. The van der Waals surface area contributed by atoms with Crippen molar-refractivity contribution < 1.29 is 9.53 Å². The zero-order valence-corrected chi connectivity index (χ0v) is 17.5. The number of benzene rings is 2. The number of carbonyl (C=O) groups excluding carboxylic acids is 1. The summed E-state index contributed by atoms with van der Waals surface area (Å²) in [6, 6.07) is 18.1. The Labute approximate surface area is 177 Å². The van der Waals surface area contributed by atoms with Gasteiger partial charge in [0.25, 0.3) is 5.91 Å². The maximum Gasteiger partial charge on any atom is 0.270 e. The Kier molecular flexibility index (Phi) is 4.70. The molecule has 1 N–H and O–H groups in total. The molecule has 1 aliphatic heterocycles. The van der Waals surface area contributed by atoms with Gasteiger partial charge in [-0.15, -0.1) is 0 Å². The van der Waals surface area contributed by atoms with Crippen LogP contribution in [0.1, 0.15) is 30.3 Å². The second kappa shape index (κ2) is 7.40. The molecule has 5 heteroatoms. The summed E-state index contributed by atoms with van der Waals surface area (Å²) in [4.78, 5) is 20.3. The second-order valence-corrected chi connectivity index (χ2v) is 8.79. The Morgan fingerprint density at radius 3 is 2.60 bits per heavy atom. The van der Waals surface area contributed by atoms with Crippen LogP contribution in [0.25, 0.3) is 22.0 Å². The molecule has 1 aliphatic carbocycles. The molecule has 154 valence electrons.